The zero-order chi connectivity index (χ0) is 24.4. The number of benzene rings is 5. The van der Waals surface area contributed by atoms with E-state index < -0.39 is 5.41 Å². The lowest BCUT2D eigenvalue weighted by atomic mass is 9.62. The van der Waals surface area contributed by atoms with E-state index in [0.717, 1.165) is 39.0 Å². The average Bonchev–Trinajstić information content (AvgIpc) is 3.25. The van der Waals surface area contributed by atoms with E-state index >= 15 is 4.79 Å². The van der Waals surface area contributed by atoms with E-state index in [1.807, 2.05) is 66.7 Å². The molecule has 1 atom stereocenters. The van der Waals surface area contributed by atoms with Crippen LogP contribution < -0.4 is 0 Å². The Labute approximate surface area is 212 Å². The van der Waals surface area contributed by atoms with Crippen LogP contribution in [0.15, 0.2) is 152 Å². The third-order valence-corrected chi connectivity index (χ3v) is 7.31. The van der Waals surface area contributed by atoms with E-state index in [0.29, 0.717) is 0 Å². The molecule has 0 aromatic heterocycles. The molecule has 0 saturated heterocycles. The van der Waals surface area contributed by atoms with Crippen molar-refractivity contribution in [2.75, 3.05) is 0 Å². The molecule has 1 unspecified atom stereocenters. The minimum atomic E-state index is -0.903. The van der Waals surface area contributed by atoms with Crippen LogP contribution in [0.25, 0.3) is 11.1 Å². The van der Waals surface area contributed by atoms with E-state index in [1.165, 1.54) is 0 Å². The number of Topliss-reactive ketones (excluding diaryl/α,β-unsaturated/α-hetero) is 1. The van der Waals surface area contributed by atoms with Crippen molar-refractivity contribution in [3.63, 3.8) is 0 Å². The highest BCUT2D eigenvalue weighted by atomic mass is 16.1. The van der Waals surface area contributed by atoms with Crippen LogP contribution in [-0.2, 0) is 10.2 Å². The molecule has 1 nitrogen and oxygen atoms in total. The van der Waals surface area contributed by atoms with E-state index in [4.69, 9.17) is 0 Å². The first kappa shape index (κ1) is 22.0. The maximum absolute atomic E-state index is 15.1. The number of rotatable bonds is 5. The Morgan fingerprint density at radius 2 is 0.833 bits per heavy atom. The molecule has 5 aromatic rings. The van der Waals surface area contributed by atoms with Gasteiger partial charge in [-0.2, -0.15) is 0 Å². The van der Waals surface area contributed by atoms with Gasteiger partial charge < -0.3 is 0 Å². The lowest BCUT2D eigenvalue weighted by molar-refractivity contribution is -0.117. The molecule has 0 bridgehead atoms. The average molecular weight is 463 g/mol. The first-order valence-electron chi connectivity index (χ1n) is 12.4. The van der Waals surface area contributed by atoms with Crippen LogP contribution in [0.2, 0.25) is 0 Å². The second-order valence-electron chi connectivity index (χ2n) is 9.23. The predicted molar refractivity (Wildman–Crippen MR) is 148 cm³/mol. The van der Waals surface area contributed by atoms with Crippen LogP contribution in [0.3, 0.4) is 0 Å². The van der Waals surface area contributed by atoms with Gasteiger partial charge in [0, 0.05) is 11.5 Å². The van der Waals surface area contributed by atoms with Gasteiger partial charge in [0.25, 0.3) is 0 Å². The van der Waals surface area contributed by atoms with Crippen molar-refractivity contribution in [1.82, 2.24) is 0 Å². The minimum Gasteiger partial charge on any atom is -0.293 e. The van der Waals surface area contributed by atoms with Gasteiger partial charge in [0.1, 0.15) is 0 Å². The van der Waals surface area contributed by atoms with Crippen molar-refractivity contribution in [3.05, 3.63) is 179 Å². The second kappa shape index (κ2) is 9.28. The maximum atomic E-state index is 15.1. The fraction of sp³-hybridized carbons (Fsp3) is 0.0571. The first-order valence-corrected chi connectivity index (χ1v) is 12.4. The topological polar surface area (TPSA) is 17.1 Å². The van der Waals surface area contributed by atoms with Gasteiger partial charge in [0.15, 0.2) is 5.78 Å². The largest absolute Gasteiger partial charge is 0.293 e. The van der Waals surface area contributed by atoms with Gasteiger partial charge in [-0.05, 0) is 33.4 Å². The molecule has 0 fully saturated rings. The molecule has 0 spiro atoms. The van der Waals surface area contributed by atoms with Gasteiger partial charge in [-0.25, -0.2) is 0 Å². The molecule has 36 heavy (non-hydrogen) atoms. The highest BCUT2D eigenvalue weighted by Crippen LogP contribution is 2.60. The summed E-state index contributed by atoms with van der Waals surface area (Å²) in [6.45, 7) is 0. The maximum Gasteiger partial charge on any atom is 0.179 e. The lowest BCUT2D eigenvalue weighted by Crippen LogP contribution is -2.39. The van der Waals surface area contributed by atoms with Crippen LogP contribution in [0.5, 0.6) is 0 Å². The molecular formula is C35H26O. The van der Waals surface area contributed by atoms with Crippen LogP contribution in [-0.4, -0.2) is 5.78 Å². The van der Waals surface area contributed by atoms with E-state index in [2.05, 4.69) is 84.9 Å². The van der Waals surface area contributed by atoms with E-state index in [-0.39, 0.29) is 11.7 Å². The molecule has 6 rings (SSSR count). The Morgan fingerprint density at radius 1 is 0.444 bits per heavy atom. The Bertz CT molecular complexity index is 1460. The number of allylic oxidation sites excluding steroid dienone is 2. The van der Waals surface area contributed by atoms with Crippen LogP contribution in [0, 0.1) is 0 Å². The quantitative estimate of drug-likeness (QED) is 0.259. The Balaban J connectivity index is 1.78. The monoisotopic (exact) mass is 462 g/mol. The minimum absolute atomic E-state index is 0.138. The molecule has 1 aliphatic rings. The summed E-state index contributed by atoms with van der Waals surface area (Å²) in [5.74, 6) is -0.0626. The highest BCUT2D eigenvalue weighted by Gasteiger charge is 2.57. The SMILES string of the molecule is O=C1C(c2ccccc2)=C(c2ccccc2)C(c2ccccc2)C1(c1ccccc1)c1ccccc1. The third kappa shape index (κ3) is 3.44. The molecular weight excluding hydrogens is 436 g/mol. The Morgan fingerprint density at radius 3 is 1.31 bits per heavy atom. The predicted octanol–water partition coefficient (Wildman–Crippen LogP) is 7.95. The third-order valence-electron chi connectivity index (χ3n) is 7.31. The second-order valence-corrected chi connectivity index (χ2v) is 9.23. The van der Waals surface area contributed by atoms with Gasteiger partial charge in [-0.15, -0.1) is 0 Å². The summed E-state index contributed by atoms with van der Waals surface area (Å²) in [5.41, 5.74) is 6.14. The van der Waals surface area contributed by atoms with Crippen LogP contribution >= 0.6 is 0 Å². The van der Waals surface area contributed by atoms with Crippen molar-refractivity contribution in [2.24, 2.45) is 0 Å². The first-order chi connectivity index (χ1) is 17.8. The summed E-state index contributed by atoms with van der Waals surface area (Å²) in [7, 11) is 0. The molecule has 1 heteroatoms. The zero-order valence-corrected chi connectivity index (χ0v) is 19.9. The fourth-order valence-corrected chi connectivity index (χ4v) is 5.86. The standard InChI is InChI=1S/C35H26O/c36-34-32(27-18-8-2-9-19-27)31(26-16-6-1-7-17-26)33(28-20-10-3-11-21-28)35(34,29-22-12-4-13-23-29)30-24-14-5-15-25-30/h1-25,33H. The van der Waals surface area contributed by atoms with Gasteiger partial charge in [0.05, 0.1) is 5.41 Å². The molecule has 0 heterocycles. The van der Waals surface area contributed by atoms with E-state index in [9.17, 15) is 0 Å². The summed E-state index contributed by atoms with van der Waals surface area (Å²) in [6, 6.07) is 51.7. The summed E-state index contributed by atoms with van der Waals surface area (Å²) in [4.78, 5) is 15.1. The lowest BCUT2D eigenvalue weighted by Gasteiger charge is -2.37. The number of carbonyl (C=O) groups excluding carboxylic acids is 1. The van der Waals surface area contributed by atoms with E-state index in [1.54, 1.807) is 0 Å². The summed E-state index contributed by atoms with van der Waals surface area (Å²) in [5, 5.41) is 0. The van der Waals surface area contributed by atoms with Gasteiger partial charge in [-0.1, -0.05) is 152 Å². The fourth-order valence-electron chi connectivity index (χ4n) is 5.86. The normalized spacial score (nSPS) is 16.8. The van der Waals surface area contributed by atoms with Crippen molar-refractivity contribution in [3.8, 4) is 0 Å². The molecule has 0 radical (unpaired) electrons. The summed E-state index contributed by atoms with van der Waals surface area (Å²) >= 11 is 0. The van der Waals surface area contributed by atoms with Crippen molar-refractivity contribution in [2.45, 2.75) is 11.3 Å². The number of hydrogen-bond donors (Lipinski definition) is 0. The smallest absolute Gasteiger partial charge is 0.179 e. The Hall–Kier alpha value is -4.49. The number of ketones is 1. The summed E-state index contributed by atoms with van der Waals surface area (Å²) < 4.78 is 0. The molecule has 0 aliphatic heterocycles. The highest BCUT2D eigenvalue weighted by molar-refractivity contribution is 6.37. The van der Waals surface area contributed by atoms with Gasteiger partial charge >= 0.3 is 0 Å². The molecule has 1 aliphatic carbocycles. The molecule has 0 N–H and O–H groups in total. The summed E-state index contributed by atoms with van der Waals surface area (Å²) in [6.07, 6.45) is 0. The van der Waals surface area contributed by atoms with Gasteiger partial charge in [-0.3, -0.25) is 4.79 Å². The molecule has 0 amide bonds. The van der Waals surface area contributed by atoms with Gasteiger partial charge in [0.2, 0.25) is 0 Å². The zero-order valence-electron chi connectivity index (χ0n) is 19.9. The van der Waals surface area contributed by atoms with Crippen LogP contribution in [0.1, 0.15) is 33.7 Å². The van der Waals surface area contributed by atoms with Crippen LogP contribution in [0.4, 0.5) is 0 Å². The van der Waals surface area contributed by atoms with Crippen molar-refractivity contribution < 1.29 is 4.79 Å². The Kier molecular flexibility index (Phi) is 5.67. The van der Waals surface area contributed by atoms with Crippen molar-refractivity contribution >= 4 is 16.9 Å². The number of carbonyl (C=O) groups is 1. The molecule has 0 saturated carbocycles. The van der Waals surface area contributed by atoms with Crippen molar-refractivity contribution in [1.29, 1.82) is 0 Å². The number of hydrogen-bond acceptors (Lipinski definition) is 1. The molecule has 172 valence electrons. The molecule has 5 aromatic carbocycles.